The molecule has 3 nitrogen and oxygen atoms in total. The second kappa shape index (κ2) is 8.40. The Hall–Kier alpha value is -1.06. The van der Waals surface area contributed by atoms with E-state index in [4.69, 9.17) is 4.74 Å². The van der Waals surface area contributed by atoms with Crippen LogP contribution in [-0.4, -0.2) is 33.4 Å². The van der Waals surface area contributed by atoms with Gasteiger partial charge in [-0.25, -0.2) is 0 Å². The number of rotatable bonds is 8. The molecule has 21 heavy (non-hydrogen) atoms. The Bertz CT molecular complexity index is 431. The molecule has 0 bridgehead atoms. The largest absolute Gasteiger partial charge is 0.380 e. The summed E-state index contributed by atoms with van der Waals surface area (Å²) in [7, 11) is 2.18. The lowest BCUT2D eigenvalue weighted by atomic mass is 9.99. The van der Waals surface area contributed by atoms with E-state index in [0.29, 0.717) is 0 Å². The minimum Gasteiger partial charge on any atom is -0.380 e. The van der Waals surface area contributed by atoms with Crippen molar-refractivity contribution in [3.05, 3.63) is 29.3 Å². The maximum absolute atomic E-state index is 5.62. The van der Waals surface area contributed by atoms with E-state index < -0.39 is 0 Å². The zero-order valence-electron chi connectivity index (χ0n) is 13.8. The lowest BCUT2D eigenvalue weighted by molar-refractivity contribution is 0.125. The third kappa shape index (κ3) is 5.33. The van der Waals surface area contributed by atoms with E-state index in [1.165, 1.54) is 36.2 Å². The molecule has 1 aliphatic rings. The molecule has 1 aromatic rings. The van der Waals surface area contributed by atoms with Crippen LogP contribution in [0.25, 0.3) is 0 Å². The molecule has 0 spiro atoms. The molecule has 0 atom stereocenters. The van der Waals surface area contributed by atoms with Crippen molar-refractivity contribution in [1.82, 2.24) is 5.32 Å². The van der Waals surface area contributed by atoms with Gasteiger partial charge in [0.15, 0.2) is 0 Å². The van der Waals surface area contributed by atoms with Gasteiger partial charge in [0.1, 0.15) is 0 Å². The number of anilines is 1. The zero-order valence-corrected chi connectivity index (χ0v) is 13.8. The highest BCUT2D eigenvalue weighted by atomic mass is 16.5. The summed E-state index contributed by atoms with van der Waals surface area (Å²) in [5.74, 6) is 0.728. The molecule has 1 heterocycles. The Morgan fingerprint density at radius 1 is 1.29 bits per heavy atom. The molecule has 0 unspecified atom stereocenters. The topological polar surface area (TPSA) is 24.5 Å². The molecular weight excluding hydrogens is 260 g/mol. The van der Waals surface area contributed by atoms with Crippen LogP contribution in [0.3, 0.4) is 0 Å². The predicted molar refractivity (Wildman–Crippen MR) is 90.0 cm³/mol. The van der Waals surface area contributed by atoms with Crippen molar-refractivity contribution >= 4 is 5.69 Å². The molecular formula is C18H30N2O. The highest BCUT2D eigenvalue weighted by Gasteiger charge is 2.13. The van der Waals surface area contributed by atoms with Crippen LogP contribution in [0.5, 0.6) is 0 Å². The van der Waals surface area contributed by atoms with Gasteiger partial charge in [0.05, 0.1) is 6.61 Å². The Morgan fingerprint density at radius 3 is 2.95 bits per heavy atom. The Balaban J connectivity index is 1.67. The van der Waals surface area contributed by atoms with Crippen molar-refractivity contribution in [3.8, 4) is 0 Å². The van der Waals surface area contributed by atoms with Crippen molar-refractivity contribution in [2.75, 3.05) is 38.3 Å². The third-order valence-electron chi connectivity index (χ3n) is 4.09. The van der Waals surface area contributed by atoms with Gasteiger partial charge in [-0.2, -0.15) is 0 Å². The SMILES string of the molecule is CC(C)CCOCCNCc1ccc2c(c1)CCCN2C. The van der Waals surface area contributed by atoms with Crippen LogP contribution < -0.4 is 10.2 Å². The fourth-order valence-electron chi connectivity index (χ4n) is 2.75. The average Bonchev–Trinajstić information content (AvgIpc) is 2.46. The molecule has 3 heteroatoms. The molecule has 2 rings (SSSR count). The van der Waals surface area contributed by atoms with Crippen molar-refractivity contribution in [3.63, 3.8) is 0 Å². The van der Waals surface area contributed by atoms with Gasteiger partial charge >= 0.3 is 0 Å². The minimum absolute atomic E-state index is 0.728. The van der Waals surface area contributed by atoms with Gasteiger partial charge < -0.3 is 15.0 Å². The third-order valence-corrected chi connectivity index (χ3v) is 4.09. The van der Waals surface area contributed by atoms with Gasteiger partial charge in [-0.15, -0.1) is 0 Å². The maximum atomic E-state index is 5.62. The first-order valence-corrected chi connectivity index (χ1v) is 8.28. The molecule has 0 fully saturated rings. The number of benzene rings is 1. The monoisotopic (exact) mass is 290 g/mol. The van der Waals surface area contributed by atoms with Gasteiger partial charge in [0.2, 0.25) is 0 Å². The summed E-state index contributed by atoms with van der Waals surface area (Å²) >= 11 is 0. The zero-order chi connectivity index (χ0) is 15.1. The molecule has 1 aromatic carbocycles. The summed E-state index contributed by atoms with van der Waals surface area (Å²) in [4.78, 5) is 2.36. The van der Waals surface area contributed by atoms with Crippen LogP contribution in [0.2, 0.25) is 0 Å². The second-order valence-corrected chi connectivity index (χ2v) is 6.46. The van der Waals surface area contributed by atoms with Crippen LogP contribution in [0.15, 0.2) is 18.2 Å². The summed E-state index contributed by atoms with van der Waals surface area (Å²) in [6.07, 6.45) is 3.63. The predicted octanol–water partition coefficient (Wildman–Crippen LogP) is 3.22. The van der Waals surface area contributed by atoms with E-state index in [9.17, 15) is 0 Å². The highest BCUT2D eigenvalue weighted by molar-refractivity contribution is 5.56. The van der Waals surface area contributed by atoms with Crippen LogP contribution in [-0.2, 0) is 17.7 Å². The molecule has 0 saturated carbocycles. The Morgan fingerprint density at radius 2 is 2.14 bits per heavy atom. The fraction of sp³-hybridized carbons (Fsp3) is 0.667. The molecule has 118 valence electrons. The van der Waals surface area contributed by atoms with Gasteiger partial charge in [-0.1, -0.05) is 26.0 Å². The fourth-order valence-corrected chi connectivity index (χ4v) is 2.75. The van der Waals surface area contributed by atoms with Crippen molar-refractivity contribution < 1.29 is 4.74 Å². The van der Waals surface area contributed by atoms with Crippen LogP contribution in [0.4, 0.5) is 5.69 Å². The Labute approximate surface area is 129 Å². The molecule has 0 radical (unpaired) electrons. The van der Waals surface area contributed by atoms with Gasteiger partial charge in [0.25, 0.3) is 0 Å². The minimum atomic E-state index is 0.728. The highest BCUT2D eigenvalue weighted by Crippen LogP contribution is 2.26. The first-order valence-electron chi connectivity index (χ1n) is 8.28. The first-order chi connectivity index (χ1) is 10.2. The molecule has 0 aliphatic carbocycles. The van der Waals surface area contributed by atoms with E-state index in [2.05, 4.69) is 49.3 Å². The lowest BCUT2D eigenvalue weighted by Crippen LogP contribution is -2.25. The smallest absolute Gasteiger partial charge is 0.0591 e. The lowest BCUT2D eigenvalue weighted by Gasteiger charge is -2.27. The van der Waals surface area contributed by atoms with Crippen LogP contribution in [0.1, 0.15) is 37.8 Å². The van der Waals surface area contributed by atoms with Crippen molar-refractivity contribution in [2.45, 2.75) is 39.7 Å². The summed E-state index contributed by atoms with van der Waals surface area (Å²) in [5.41, 5.74) is 4.28. The average molecular weight is 290 g/mol. The normalized spacial score (nSPS) is 14.6. The summed E-state index contributed by atoms with van der Waals surface area (Å²) in [6, 6.07) is 6.87. The number of nitrogens with one attached hydrogen (secondary N) is 1. The molecule has 1 aliphatic heterocycles. The molecule has 0 aromatic heterocycles. The quantitative estimate of drug-likeness (QED) is 0.744. The summed E-state index contributed by atoms with van der Waals surface area (Å²) in [6.45, 7) is 9.19. The van der Waals surface area contributed by atoms with Gasteiger partial charge in [0, 0.05) is 39.0 Å². The van der Waals surface area contributed by atoms with Crippen molar-refractivity contribution in [1.29, 1.82) is 0 Å². The number of fused-ring (bicyclic) bond motifs is 1. The Kier molecular flexibility index (Phi) is 6.52. The standard InChI is InChI=1S/C18H30N2O/c1-15(2)8-11-21-12-9-19-14-16-6-7-18-17(13-16)5-4-10-20(18)3/h6-7,13,15,19H,4-5,8-12,14H2,1-3H3. The number of ether oxygens (including phenoxy) is 1. The summed E-state index contributed by atoms with van der Waals surface area (Å²) in [5, 5.41) is 3.47. The van der Waals surface area contributed by atoms with Crippen LogP contribution in [0, 0.1) is 5.92 Å². The van der Waals surface area contributed by atoms with Gasteiger partial charge in [-0.3, -0.25) is 0 Å². The van der Waals surface area contributed by atoms with E-state index in [1.807, 2.05) is 0 Å². The first kappa shape index (κ1) is 16.3. The summed E-state index contributed by atoms with van der Waals surface area (Å²) < 4.78 is 5.62. The van der Waals surface area contributed by atoms with Crippen LogP contribution >= 0.6 is 0 Å². The molecule has 0 amide bonds. The number of nitrogens with zero attached hydrogens (tertiary/aromatic N) is 1. The number of hydrogen-bond acceptors (Lipinski definition) is 3. The van der Waals surface area contributed by atoms with E-state index >= 15 is 0 Å². The van der Waals surface area contributed by atoms with Crippen molar-refractivity contribution in [2.24, 2.45) is 5.92 Å². The van der Waals surface area contributed by atoms with E-state index in [0.717, 1.165) is 38.6 Å². The van der Waals surface area contributed by atoms with E-state index in [-0.39, 0.29) is 0 Å². The molecule has 1 N–H and O–H groups in total. The second-order valence-electron chi connectivity index (χ2n) is 6.46. The maximum Gasteiger partial charge on any atom is 0.0591 e. The van der Waals surface area contributed by atoms with E-state index in [1.54, 1.807) is 0 Å². The molecule has 0 saturated heterocycles. The number of aryl methyl sites for hydroxylation is 1. The van der Waals surface area contributed by atoms with Gasteiger partial charge in [-0.05, 0) is 42.4 Å². The number of hydrogen-bond donors (Lipinski definition) is 1.